The largest absolute Gasteiger partial charge is 0.479 e. The van der Waals surface area contributed by atoms with Crippen molar-refractivity contribution in [3.63, 3.8) is 0 Å². The summed E-state index contributed by atoms with van der Waals surface area (Å²) in [6, 6.07) is 14.7. The molecule has 2 atom stereocenters. The highest BCUT2D eigenvalue weighted by Crippen LogP contribution is 2.40. The molecule has 2 unspecified atom stereocenters. The number of hydrogen-bond donors (Lipinski definition) is 2. The van der Waals surface area contributed by atoms with E-state index in [9.17, 15) is 49.8 Å². The molecule has 0 aliphatic heterocycles. The topological polar surface area (TPSA) is 75.6 Å². The van der Waals surface area contributed by atoms with Crippen molar-refractivity contribution in [1.82, 2.24) is 5.32 Å². The van der Waals surface area contributed by atoms with Crippen molar-refractivity contribution in [2.24, 2.45) is 0 Å². The quantitative estimate of drug-likeness (QED) is 0.155. The van der Waals surface area contributed by atoms with Crippen molar-refractivity contribution in [3.05, 3.63) is 136 Å². The summed E-state index contributed by atoms with van der Waals surface area (Å²) in [7, 11) is 0. The summed E-state index contributed by atoms with van der Waals surface area (Å²) < 4.78 is 143. The fourth-order valence-electron chi connectivity index (χ4n) is 4.88. The number of alkyl halides is 8. The molecule has 0 bridgehead atoms. The molecular formula is C33H23F10NO4. The lowest BCUT2D eigenvalue weighted by molar-refractivity contribution is -0.253. The molecule has 15 heteroatoms. The van der Waals surface area contributed by atoms with Crippen molar-refractivity contribution in [1.29, 1.82) is 0 Å². The summed E-state index contributed by atoms with van der Waals surface area (Å²) in [6.45, 7) is 0.684. The van der Waals surface area contributed by atoms with Gasteiger partial charge in [0.2, 0.25) is 5.67 Å². The SMILES string of the molecule is CC(F)(C(=O)O)c1cccc(C(Cc2ccccc2)(NC(=O)c2ccc(F)c(C(F)(F)F)c2)c2cc(F)cc(OC(F)(F)C(F)F)c2)c1. The maximum Gasteiger partial charge on any atom is 0.461 e. The van der Waals surface area contributed by atoms with Gasteiger partial charge in [0.1, 0.15) is 17.4 Å². The number of halogens is 10. The first-order valence-corrected chi connectivity index (χ1v) is 13.7. The van der Waals surface area contributed by atoms with E-state index in [1.165, 1.54) is 30.3 Å². The van der Waals surface area contributed by atoms with Crippen LogP contribution in [0.4, 0.5) is 43.9 Å². The van der Waals surface area contributed by atoms with Gasteiger partial charge in [0.05, 0.1) is 11.1 Å². The molecule has 5 nitrogen and oxygen atoms in total. The molecule has 0 radical (unpaired) electrons. The number of nitrogens with one attached hydrogen (secondary N) is 1. The van der Waals surface area contributed by atoms with E-state index in [2.05, 4.69) is 10.1 Å². The zero-order valence-corrected chi connectivity index (χ0v) is 24.4. The Kier molecular flexibility index (Phi) is 9.84. The third kappa shape index (κ3) is 7.55. The highest BCUT2D eigenvalue weighted by molar-refractivity contribution is 5.95. The highest BCUT2D eigenvalue weighted by Gasteiger charge is 2.45. The Morgan fingerprint density at radius 1 is 0.792 bits per heavy atom. The van der Waals surface area contributed by atoms with Gasteiger partial charge in [0.25, 0.3) is 5.91 Å². The average molecular weight is 688 g/mol. The molecule has 4 aromatic carbocycles. The predicted octanol–water partition coefficient (Wildman–Crippen LogP) is 8.41. The van der Waals surface area contributed by atoms with Gasteiger partial charge >= 0.3 is 24.7 Å². The van der Waals surface area contributed by atoms with Crippen LogP contribution in [-0.2, 0) is 28.6 Å². The number of amides is 1. The van der Waals surface area contributed by atoms with Gasteiger partial charge in [-0.2, -0.15) is 30.7 Å². The summed E-state index contributed by atoms with van der Waals surface area (Å²) in [5.41, 5.74) is -9.00. The molecule has 4 rings (SSSR count). The van der Waals surface area contributed by atoms with Crippen LogP contribution in [-0.4, -0.2) is 29.5 Å². The Bertz CT molecular complexity index is 1810. The van der Waals surface area contributed by atoms with E-state index in [1.54, 1.807) is 6.07 Å². The van der Waals surface area contributed by atoms with E-state index in [1.807, 2.05) is 0 Å². The minimum absolute atomic E-state index is 0.181. The monoisotopic (exact) mass is 687 g/mol. The molecule has 0 aliphatic carbocycles. The van der Waals surface area contributed by atoms with Gasteiger partial charge in [-0.05, 0) is 60.0 Å². The summed E-state index contributed by atoms with van der Waals surface area (Å²) in [6.07, 6.45) is -15.2. The van der Waals surface area contributed by atoms with Gasteiger partial charge in [-0.3, -0.25) is 4.79 Å². The summed E-state index contributed by atoms with van der Waals surface area (Å²) in [4.78, 5) is 25.5. The summed E-state index contributed by atoms with van der Waals surface area (Å²) in [5.74, 6) is -7.56. The molecule has 2 N–H and O–H groups in total. The summed E-state index contributed by atoms with van der Waals surface area (Å²) >= 11 is 0. The fraction of sp³-hybridized carbons (Fsp3) is 0.212. The van der Waals surface area contributed by atoms with Gasteiger partial charge in [0.15, 0.2) is 0 Å². The number of rotatable bonds is 11. The molecule has 1 amide bonds. The standard InChI is InChI=1S/C33H23F10NO4/c1-30(38,29(46)47)20-8-5-9-21(13-20)31(17-18-6-3-2-4-7-18,22-14-23(34)16-24(15-22)48-33(42,43)28(36)37)44-27(45)19-10-11-26(35)25(12-19)32(39,40)41/h2-16,28H,17H2,1H3,(H,44,45)(H,46,47). The third-order valence-electron chi connectivity index (χ3n) is 7.34. The van der Waals surface area contributed by atoms with Crippen molar-refractivity contribution >= 4 is 11.9 Å². The molecular weight excluding hydrogens is 664 g/mol. The van der Waals surface area contributed by atoms with E-state index in [-0.39, 0.29) is 11.6 Å². The first kappa shape index (κ1) is 35.8. The molecule has 0 saturated heterocycles. The molecule has 0 fully saturated rings. The second-order valence-corrected chi connectivity index (χ2v) is 10.7. The first-order valence-electron chi connectivity index (χ1n) is 13.7. The van der Waals surface area contributed by atoms with Crippen LogP contribution in [0.25, 0.3) is 0 Å². The Labute approximate surface area is 265 Å². The maximum absolute atomic E-state index is 15.4. The number of aliphatic carboxylic acids is 1. The van der Waals surface area contributed by atoms with Crippen LogP contribution < -0.4 is 10.1 Å². The number of benzene rings is 4. The highest BCUT2D eigenvalue weighted by atomic mass is 19.4. The smallest absolute Gasteiger partial charge is 0.461 e. The minimum Gasteiger partial charge on any atom is -0.479 e. The minimum atomic E-state index is -5.25. The van der Waals surface area contributed by atoms with E-state index < -0.39 is 87.9 Å². The average Bonchev–Trinajstić information content (AvgIpc) is 3.00. The van der Waals surface area contributed by atoms with Crippen LogP contribution in [0.1, 0.15) is 45.1 Å². The Morgan fingerprint density at radius 3 is 2.04 bits per heavy atom. The van der Waals surface area contributed by atoms with Crippen LogP contribution in [0.2, 0.25) is 0 Å². The van der Waals surface area contributed by atoms with Crippen molar-refractivity contribution in [2.45, 2.75) is 43.3 Å². The first-order chi connectivity index (χ1) is 22.3. The van der Waals surface area contributed by atoms with Crippen LogP contribution in [0, 0.1) is 11.6 Å². The number of carboxylic acids is 1. The van der Waals surface area contributed by atoms with Crippen LogP contribution >= 0.6 is 0 Å². The number of carbonyl (C=O) groups excluding carboxylic acids is 1. The maximum atomic E-state index is 15.4. The number of hydrogen-bond acceptors (Lipinski definition) is 3. The second kappa shape index (κ2) is 13.2. The van der Waals surface area contributed by atoms with Gasteiger partial charge in [-0.15, -0.1) is 0 Å². The summed E-state index contributed by atoms with van der Waals surface area (Å²) in [5, 5.41) is 11.9. The number of carbonyl (C=O) groups is 2. The van der Waals surface area contributed by atoms with E-state index >= 15 is 8.78 Å². The number of ether oxygens (including phenoxy) is 1. The Morgan fingerprint density at radius 2 is 1.44 bits per heavy atom. The van der Waals surface area contributed by atoms with E-state index in [4.69, 9.17) is 0 Å². The zero-order chi connectivity index (χ0) is 35.7. The lowest BCUT2D eigenvalue weighted by Gasteiger charge is -2.37. The second-order valence-electron chi connectivity index (χ2n) is 10.7. The van der Waals surface area contributed by atoms with Gasteiger partial charge < -0.3 is 15.2 Å². The molecule has 254 valence electrons. The molecule has 0 saturated carbocycles. The van der Waals surface area contributed by atoms with Crippen LogP contribution in [0.3, 0.4) is 0 Å². The van der Waals surface area contributed by atoms with Gasteiger partial charge in [0, 0.05) is 23.6 Å². The van der Waals surface area contributed by atoms with Gasteiger partial charge in [-0.1, -0.05) is 48.5 Å². The third-order valence-corrected chi connectivity index (χ3v) is 7.34. The molecule has 48 heavy (non-hydrogen) atoms. The van der Waals surface area contributed by atoms with Crippen molar-refractivity contribution in [3.8, 4) is 5.75 Å². The fourth-order valence-corrected chi connectivity index (χ4v) is 4.88. The molecule has 0 aromatic heterocycles. The van der Waals surface area contributed by atoms with Crippen LogP contribution in [0.5, 0.6) is 5.75 Å². The molecule has 0 spiro atoms. The molecule has 0 heterocycles. The lowest BCUT2D eigenvalue weighted by atomic mass is 9.76. The zero-order valence-electron chi connectivity index (χ0n) is 24.4. The van der Waals surface area contributed by atoms with Crippen LogP contribution in [0.15, 0.2) is 91.0 Å². The molecule has 4 aromatic rings. The van der Waals surface area contributed by atoms with Crippen molar-refractivity contribution < 1.29 is 63.3 Å². The normalized spacial score (nSPS) is 14.6. The Balaban J connectivity index is 2.05. The Hall–Kier alpha value is -5.08. The molecule has 0 aliphatic rings. The predicted molar refractivity (Wildman–Crippen MR) is 150 cm³/mol. The van der Waals surface area contributed by atoms with E-state index in [0.29, 0.717) is 42.8 Å². The van der Waals surface area contributed by atoms with Gasteiger partial charge in [-0.25, -0.2) is 18.0 Å². The van der Waals surface area contributed by atoms with E-state index in [0.717, 1.165) is 18.2 Å². The van der Waals surface area contributed by atoms with Crippen molar-refractivity contribution in [2.75, 3.05) is 0 Å². The number of carboxylic acid groups (broad SMARTS) is 1. The lowest BCUT2D eigenvalue weighted by Crippen LogP contribution is -2.49.